The monoisotopic (exact) mass is 1120 g/mol. The highest BCUT2D eigenvalue weighted by Crippen LogP contribution is 2.53. The molecule has 6 aromatic rings. The van der Waals surface area contributed by atoms with Gasteiger partial charge in [-0.1, -0.05) is 35.3 Å². The van der Waals surface area contributed by atoms with Crippen LogP contribution in [-0.2, 0) is 41.5 Å². The van der Waals surface area contributed by atoms with E-state index in [1.807, 2.05) is 30.9 Å². The van der Waals surface area contributed by atoms with Crippen molar-refractivity contribution in [3.63, 3.8) is 0 Å². The summed E-state index contributed by atoms with van der Waals surface area (Å²) < 4.78 is 69.7. The van der Waals surface area contributed by atoms with Crippen molar-refractivity contribution < 1.29 is 51.8 Å². The largest absolute Gasteiger partial charge is 0.490 e. The molecule has 2 atom stereocenters. The Kier molecular flexibility index (Phi) is 20.2. The third-order valence-electron chi connectivity index (χ3n) is 13.0. The number of likely N-dealkylation sites (N-methyl/N-ethyl adjacent to an activating group) is 1. The van der Waals surface area contributed by atoms with Crippen LogP contribution in [0.25, 0.3) is 31.8 Å². The summed E-state index contributed by atoms with van der Waals surface area (Å²) in [7, 11) is 5.38. The molecule has 0 unspecified atom stereocenters. The highest BCUT2D eigenvalue weighted by molar-refractivity contribution is 7.22. The third-order valence-corrected chi connectivity index (χ3v) is 15.0. The Balaban J connectivity index is 1.22. The van der Waals surface area contributed by atoms with Gasteiger partial charge in [0.15, 0.2) is 5.75 Å². The maximum atomic E-state index is 14.7. The summed E-state index contributed by atoms with van der Waals surface area (Å²) in [6.07, 6.45) is 1.21. The van der Waals surface area contributed by atoms with Crippen LogP contribution in [0.2, 0.25) is 10.0 Å². The second-order valence-corrected chi connectivity index (χ2v) is 21.6. The number of benzene rings is 3. The van der Waals surface area contributed by atoms with Gasteiger partial charge in [0.1, 0.15) is 53.4 Å². The first-order valence-electron chi connectivity index (χ1n) is 25.7. The molecule has 17 nitrogen and oxygen atoms in total. The summed E-state index contributed by atoms with van der Waals surface area (Å²) in [4.78, 5) is 41.5. The second kappa shape index (κ2) is 26.9. The first-order valence-corrected chi connectivity index (χ1v) is 27.3. The molecule has 1 saturated heterocycles. The average molecular weight is 1120 g/mol. The number of ether oxygens (including phenoxy) is 9. The maximum Gasteiger partial charge on any atom is 0.348 e. The lowest BCUT2D eigenvalue weighted by molar-refractivity contribution is -0.163. The Hall–Kier alpha value is -5.48. The van der Waals surface area contributed by atoms with Gasteiger partial charge in [0.2, 0.25) is 17.9 Å². The first kappa shape index (κ1) is 57.7. The van der Waals surface area contributed by atoms with Crippen LogP contribution in [-0.4, -0.2) is 167 Å². The van der Waals surface area contributed by atoms with Gasteiger partial charge in [-0.15, -0.1) is 11.3 Å². The smallest absolute Gasteiger partial charge is 0.348 e. The molecular formula is C56H68Cl2FN7O10S. The number of carbonyl (C=O) groups excluding carboxylic acids is 1. The molecule has 414 valence electrons. The van der Waals surface area contributed by atoms with Crippen LogP contribution in [0.4, 0.5) is 10.3 Å². The minimum Gasteiger partial charge on any atom is -0.490 e. The number of methoxy groups -OCH3 is 2. The van der Waals surface area contributed by atoms with Crippen LogP contribution < -0.4 is 23.8 Å². The number of halogens is 3. The van der Waals surface area contributed by atoms with Gasteiger partial charge < -0.3 is 52.4 Å². The molecule has 3 aromatic heterocycles. The van der Waals surface area contributed by atoms with Crippen molar-refractivity contribution in [2.45, 2.75) is 65.5 Å². The number of fused-ring (bicyclic) bond motifs is 7. The van der Waals surface area contributed by atoms with Crippen molar-refractivity contribution >= 4 is 56.7 Å². The SMILES string of the molecule is COCCOCCN(CCOCCOC)c1nccc(COc2ccc3cc2C[C@H](C(=O)OC(C)(C)C)Oc2ncnc4sc(-c5ccc(F)cc5)c(c24)-c2c(C)c(Cl)c(c(Cl)c2C)O[C@H](CN2CCN(C)CC2)CO3)n1. The van der Waals surface area contributed by atoms with Crippen molar-refractivity contribution in [1.82, 2.24) is 29.7 Å². The molecule has 3 aliphatic heterocycles. The van der Waals surface area contributed by atoms with Gasteiger partial charge in [-0.3, -0.25) is 4.90 Å². The number of aromatic nitrogens is 4. The van der Waals surface area contributed by atoms with Gasteiger partial charge in [0.25, 0.3) is 0 Å². The van der Waals surface area contributed by atoms with E-state index < -0.39 is 23.8 Å². The van der Waals surface area contributed by atoms with Crippen LogP contribution in [0.3, 0.4) is 0 Å². The molecule has 4 bridgehead atoms. The van der Waals surface area contributed by atoms with E-state index in [-0.39, 0.29) is 31.3 Å². The second-order valence-electron chi connectivity index (χ2n) is 19.9. The van der Waals surface area contributed by atoms with E-state index >= 15 is 0 Å². The van der Waals surface area contributed by atoms with E-state index in [1.54, 1.807) is 65.5 Å². The molecule has 0 N–H and O–H groups in total. The predicted molar refractivity (Wildman–Crippen MR) is 296 cm³/mol. The topological polar surface area (TPSA) is 161 Å². The summed E-state index contributed by atoms with van der Waals surface area (Å²) in [6.45, 7) is 17.0. The summed E-state index contributed by atoms with van der Waals surface area (Å²) in [5.74, 6) is 0.806. The van der Waals surface area contributed by atoms with Crippen molar-refractivity contribution in [3.05, 3.63) is 99.3 Å². The van der Waals surface area contributed by atoms with Crippen LogP contribution in [0.5, 0.6) is 23.1 Å². The molecule has 1 fully saturated rings. The fourth-order valence-electron chi connectivity index (χ4n) is 8.99. The fraction of sp³-hybridized carbons (Fsp3) is 0.482. The zero-order valence-electron chi connectivity index (χ0n) is 45.0. The van der Waals surface area contributed by atoms with Crippen molar-refractivity contribution in [2.24, 2.45) is 0 Å². The summed E-state index contributed by atoms with van der Waals surface area (Å²) in [6, 6.07) is 13.5. The van der Waals surface area contributed by atoms with Crippen molar-refractivity contribution in [1.29, 1.82) is 0 Å². The van der Waals surface area contributed by atoms with E-state index in [1.165, 1.54) is 29.8 Å². The summed E-state index contributed by atoms with van der Waals surface area (Å²) in [5, 5.41) is 1.12. The molecule has 77 heavy (non-hydrogen) atoms. The molecule has 0 saturated carbocycles. The van der Waals surface area contributed by atoms with Crippen molar-refractivity contribution in [3.8, 4) is 44.7 Å². The lowest BCUT2D eigenvalue weighted by Gasteiger charge is -2.35. The number of anilines is 1. The van der Waals surface area contributed by atoms with Crippen molar-refractivity contribution in [2.75, 3.05) is 118 Å². The summed E-state index contributed by atoms with van der Waals surface area (Å²) in [5.41, 5.74) is 3.66. The van der Waals surface area contributed by atoms with E-state index in [2.05, 4.69) is 21.8 Å². The molecule has 0 radical (unpaired) electrons. The summed E-state index contributed by atoms with van der Waals surface area (Å²) >= 11 is 16.2. The van der Waals surface area contributed by atoms with Crippen LogP contribution in [0.1, 0.15) is 43.2 Å². The Bertz CT molecular complexity index is 2900. The van der Waals surface area contributed by atoms with Gasteiger partial charge >= 0.3 is 5.97 Å². The third kappa shape index (κ3) is 15.0. The minimum absolute atomic E-state index is 0.0402. The number of thiophene rings is 1. The van der Waals surface area contributed by atoms with Crippen LogP contribution in [0, 0.1) is 19.7 Å². The van der Waals surface area contributed by atoms with Gasteiger partial charge in [0.05, 0.1) is 60.8 Å². The Morgan fingerprint density at radius 3 is 2.21 bits per heavy atom. The Morgan fingerprint density at radius 1 is 0.857 bits per heavy atom. The predicted octanol–water partition coefficient (Wildman–Crippen LogP) is 9.31. The zero-order chi connectivity index (χ0) is 54.6. The molecule has 0 spiro atoms. The zero-order valence-corrected chi connectivity index (χ0v) is 47.3. The van der Waals surface area contributed by atoms with E-state index in [0.717, 1.165) is 31.1 Å². The van der Waals surface area contributed by atoms with E-state index in [4.69, 9.17) is 80.8 Å². The first-order chi connectivity index (χ1) is 37.1. The molecule has 21 heteroatoms. The standard InChI is InChI=1S/C56H68Cl2FN7O10S/c1-35-45-36(2)49(58)50(48(35)57)74-42(31-65-19-17-64(6)18-20-65)33-72-41-13-14-43(73-32-40-15-16-60-55(63-40)66(21-23-70-27-25-68-7)22-24-71-28-26-69-8)38(29-41)30-44(54(67)76-56(3,4)5)75-52-47-46(45)51(77-53(47)62-34-61-52)37-9-11-39(59)12-10-37/h9-16,29,34,42,44H,17-28,30-33H2,1-8H3/t42-,44-/m1/s1. The number of piperazine rings is 1. The lowest BCUT2D eigenvalue weighted by Crippen LogP contribution is -2.49. The highest BCUT2D eigenvalue weighted by Gasteiger charge is 2.34. The van der Waals surface area contributed by atoms with E-state index in [9.17, 15) is 9.18 Å². The Morgan fingerprint density at radius 2 is 1.55 bits per heavy atom. The van der Waals surface area contributed by atoms with Gasteiger partial charge in [0, 0.05) is 88.7 Å². The maximum absolute atomic E-state index is 14.7. The molecule has 3 aliphatic rings. The van der Waals surface area contributed by atoms with Gasteiger partial charge in [-0.2, -0.15) is 0 Å². The number of rotatable bonds is 20. The van der Waals surface area contributed by atoms with Gasteiger partial charge in [-0.25, -0.2) is 29.1 Å². The van der Waals surface area contributed by atoms with Gasteiger partial charge in [-0.05, 0) is 100 Å². The molecule has 0 amide bonds. The number of hydrogen-bond donors (Lipinski definition) is 0. The average Bonchev–Trinajstić information content (AvgIpc) is 3.84. The van der Waals surface area contributed by atoms with Crippen LogP contribution in [0.15, 0.2) is 61.1 Å². The normalized spacial score (nSPS) is 16.4. The molecular weight excluding hydrogens is 1050 g/mol. The molecule has 0 aliphatic carbocycles. The van der Waals surface area contributed by atoms with Crippen LogP contribution >= 0.6 is 34.5 Å². The number of nitrogens with zero attached hydrogens (tertiary/aromatic N) is 7. The minimum atomic E-state index is -1.29. The quantitative estimate of drug-likeness (QED) is 0.0525. The number of esters is 1. The number of carbonyl (C=O) groups is 1. The molecule has 9 rings (SSSR count). The van der Waals surface area contributed by atoms with E-state index in [0.29, 0.717) is 142 Å². The highest BCUT2D eigenvalue weighted by atomic mass is 35.5. The Labute approximate surface area is 463 Å². The molecule has 6 heterocycles. The fourth-order valence-corrected chi connectivity index (χ4v) is 10.7. The lowest BCUT2D eigenvalue weighted by atomic mass is 9.92. The molecule has 3 aromatic carbocycles. The number of hydrogen-bond acceptors (Lipinski definition) is 18.